The molecule has 0 bridgehead atoms. The molecule has 2 aliphatic carbocycles. The molecule has 4 aromatic rings. The summed E-state index contributed by atoms with van der Waals surface area (Å²) in [5.41, 5.74) is 7.92. The third kappa shape index (κ3) is 11.5. The predicted molar refractivity (Wildman–Crippen MR) is 272 cm³/mol. The van der Waals surface area contributed by atoms with Gasteiger partial charge in [-0.05, 0) is 135 Å². The number of benzene rings is 2. The minimum Gasteiger partial charge on any atom is -0.453 e. The van der Waals surface area contributed by atoms with Crippen LogP contribution in [0.3, 0.4) is 0 Å². The van der Waals surface area contributed by atoms with Gasteiger partial charge in [0.15, 0.2) is 0 Å². The summed E-state index contributed by atoms with van der Waals surface area (Å²) >= 11 is 0. The number of amides is 4. The van der Waals surface area contributed by atoms with E-state index in [9.17, 15) is 19.2 Å². The minimum atomic E-state index is -0.706. The summed E-state index contributed by atoms with van der Waals surface area (Å²) < 4.78 is 9.77. The number of aryl methyl sites for hydroxylation is 4. The van der Waals surface area contributed by atoms with Gasteiger partial charge in [-0.2, -0.15) is 0 Å². The van der Waals surface area contributed by atoms with E-state index in [1.54, 1.807) is 12.4 Å². The molecule has 8 rings (SSSR count). The van der Waals surface area contributed by atoms with Gasteiger partial charge in [0.05, 0.1) is 38.7 Å². The van der Waals surface area contributed by atoms with Crippen molar-refractivity contribution in [2.75, 3.05) is 14.2 Å². The van der Waals surface area contributed by atoms with Crippen LogP contribution in [0.25, 0.3) is 0 Å². The topological polar surface area (TPSA) is 175 Å². The van der Waals surface area contributed by atoms with Gasteiger partial charge in [-0.15, -0.1) is 0 Å². The molecule has 4 N–H and O–H groups in total. The van der Waals surface area contributed by atoms with Crippen LogP contribution in [0.4, 0.5) is 9.59 Å². The monoisotopic (exact) mass is 965 g/mol. The predicted octanol–water partition coefficient (Wildman–Crippen LogP) is 9.01. The molecule has 2 aromatic carbocycles. The Morgan fingerprint density at radius 2 is 1.14 bits per heavy atom. The molecule has 0 unspecified atom stereocenters. The van der Waals surface area contributed by atoms with Gasteiger partial charge in [0, 0.05) is 23.2 Å². The van der Waals surface area contributed by atoms with Crippen molar-refractivity contribution in [3.05, 3.63) is 105 Å². The van der Waals surface area contributed by atoms with E-state index < -0.39 is 24.3 Å². The number of alkyl carbamates (subject to hydrolysis) is 2. The number of nitrogens with zero attached hydrogens (tertiary/aromatic N) is 4. The van der Waals surface area contributed by atoms with E-state index in [1.165, 1.54) is 19.8 Å². The number of carbonyl (C=O) groups excluding carboxylic acids is 4. The van der Waals surface area contributed by atoms with E-state index in [0.29, 0.717) is 23.2 Å². The Kier molecular flexibility index (Phi) is 16.2. The normalized spacial score (nSPS) is 22.3. The number of nitrogens with one attached hydrogen (secondary N) is 4. The number of fused-ring (bicyclic) bond motifs is 2. The van der Waals surface area contributed by atoms with Crippen LogP contribution in [0.5, 0.6) is 0 Å². The van der Waals surface area contributed by atoms with Crippen molar-refractivity contribution in [3.63, 3.8) is 0 Å². The van der Waals surface area contributed by atoms with Crippen LogP contribution >= 0.6 is 0 Å². The van der Waals surface area contributed by atoms with Crippen LogP contribution in [-0.4, -0.2) is 92.1 Å². The minimum absolute atomic E-state index is 0.0950. The summed E-state index contributed by atoms with van der Waals surface area (Å²) in [6.45, 7) is 12.0. The van der Waals surface area contributed by atoms with Gasteiger partial charge in [0.25, 0.3) is 0 Å². The number of methoxy groups -OCH3 is 2. The Morgan fingerprint density at radius 1 is 0.662 bits per heavy atom. The maximum Gasteiger partial charge on any atom is 0.407 e. The molecule has 0 radical (unpaired) electrons. The van der Waals surface area contributed by atoms with Crippen molar-refractivity contribution < 1.29 is 28.7 Å². The first kappa shape index (κ1) is 50.8. The van der Waals surface area contributed by atoms with E-state index >= 15 is 0 Å². The highest BCUT2D eigenvalue weighted by Crippen LogP contribution is 2.47. The molecule has 4 amide bonds. The number of hydrogen-bond acceptors (Lipinski definition) is 8. The highest BCUT2D eigenvalue weighted by Gasteiger charge is 2.50. The molecule has 2 aromatic heterocycles. The number of likely N-dealkylation sites (tertiary alicyclic amines) is 2. The number of aromatic amines is 2. The number of rotatable bonds is 12. The first-order valence-electron chi connectivity index (χ1n) is 25.9. The third-order valence-corrected chi connectivity index (χ3v) is 15.5. The molecule has 2 aliphatic heterocycles. The Labute approximate surface area is 419 Å². The van der Waals surface area contributed by atoms with Gasteiger partial charge in [-0.25, -0.2) is 19.6 Å². The summed E-state index contributed by atoms with van der Waals surface area (Å²) in [6.07, 6.45) is 14.8. The highest BCUT2D eigenvalue weighted by atomic mass is 16.5. The molecule has 2 saturated carbocycles. The zero-order chi connectivity index (χ0) is 50.3. The quantitative estimate of drug-likeness (QED) is 0.102. The summed E-state index contributed by atoms with van der Waals surface area (Å²) in [5, 5.41) is 5.60. The molecule has 4 aliphatic rings. The second-order valence-electron chi connectivity index (χ2n) is 20.8. The standard InChI is InChI=1S/C57H72N8O6/c1-9-38-22-19-37(29-41(38)25-27-45-33-59-53(61-45)49-31-43-15-11-13-17-47(43)65(49)55(67)51(35(4)5)63-57(69)71-8)20-23-39-21-18-36(6)28-40(39)24-26-44-32-58-52(60-44)48-30-42-14-10-12-16-46(42)64(48)54(66)50(34(2)3)62-56(68)70-7/h18-19,21-22,28-29,32-35,42-43,46-51H,9-17,20,23,30-31H2,1-8H3,(H,58,60)(H,59,61)(H,62,68)(H,63,69)/t42-,43-,46-,47-,48-,49-,50-,51-/m0/s1. The average molecular weight is 965 g/mol. The Bertz CT molecular complexity index is 2700. The summed E-state index contributed by atoms with van der Waals surface area (Å²) in [5.74, 6) is 15.4. The van der Waals surface area contributed by atoms with E-state index in [1.807, 2.05) is 37.5 Å². The van der Waals surface area contributed by atoms with Gasteiger partial charge in [0.1, 0.15) is 35.1 Å². The number of ether oxygens (including phenoxy) is 2. The third-order valence-electron chi connectivity index (χ3n) is 15.5. The second-order valence-corrected chi connectivity index (χ2v) is 20.8. The average Bonchev–Trinajstić information content (AvgIpc) is 4.20. The molecule has 8 atom stereocenters. The Balaban J connectivity index is 0.971. The fourth-order valence-corrected chi connectivity index (χ4v) is 11.7. The largest absolute Gasteiger partial charge is 0.453 e. The first-order chi connectivity index (χ1) is 34.3. The molecule has 71 heavy (non-hydrogen) atoms. The SMILES string of the molecule is CCc1ccc(CCc2ccc(C)cc2C#Cc2cnc([C@@H]3C[C@@H]4CCCC[C@@H]4N3C(=O)[C@@H](NC(=O)OC)C(C)C)[nH]2)cc1C#Cc1cnc([C@@H]2C[C@@H]3CCCC[C@@H]3N2C(=O)[C@@H](NC(=O)OC)C(C)C)[nH]1. The lowest BCUT2D eigenvalue weighted by Gasteiger charge is -2.36. The van der Waals surface area contributed by atoms with Gasteiger partial charge in [-0.3, -0.25) is 9.59 Å². The highest BCUT2D eigenvalue weighted by molar-refractivity contribution is 5.87. The zero-order valence-electron chi connectivity index (χ0n) is 42.8. The summed E-state index contributed by atoms with van der Waals surface area (Å²) in [7, 11) is 2.63. The maximum absolute atomic E-state index is 14.3. The van der Waals surface area contributed by atoms with Crippen LogP contribution in [0.1, 0.15) is 167 Å². The second kappa shape index (κ2) is 22.7. The molecule has 4 fully saturated rings. The lowest BCUT2D eigenvalue weighted by molar-refractivity contribution is -0.139. The number of carbonyl (C=O) groups is 4. The number of H-pyrrole nitrogens is 2. The molecule has 14 heteroatoms. The molecule has 0 spiro atoms. The Hall–Kier alpha value is -6.54. The smallest absolute Gasteiger partial charge is 0.407 e. The van der Waals surface area contributed by atoms with Crippen molar-refractivity contribution >= 4 is 24.0 Å². The molecule has 2 saturated heterocycles. The Morgan fingerprint density at radius 3 is 1.62 bits per heavy atom. The van der Waals surface area contributed by atoms with Crippen molar-refractivity contribution in [1.29, 1.82) is 0 Å². The van der Waals surface area contributed by atoms with E-state index in [4.69, 9.17) is 19.4 Å². The van der Waals surface area contributed by atoms with Crippen molar-refractivity contribution in [2.24, 2.45) is 23.7 Å². The molecule has 376 valence electrons. The van der Waals surface area contributed by atoms with Crippen LogP contribution in [0, 0.1) is 54.3 Å². The number of hydrogen-bond donors (Lipinski definition) is 4. The first-order valence-corrected chi connectivity index (χ1v) is 25.9. The fraction of sp³-hybridized carbons (Fsp3) is 0.544. The fourth-order valence-electron chi connectivity index (χ4n) is 11.7. The number of aromatic nitrogens is 4. The molecular weight excluding hydrogens is 893 g/mol. The van der Waals surface area contributed by atoms with Gasteiger partial charge in [-0.1, -0.05) is 96.4 Å². The van der Waals surface area contributed by atoms with E-state index in [0.717, 1.165) is 123 Å². The van der Waals surface area contributed by atoms with Crippen molar-refractivity contribution in [3.8, 4) is 23.7 Å². The molecular formula is C57H72N8O6. The molecule has 14 nitrogen and oxygen atoms in total. The lowest BCUT2D eigenvalue weighted by Crippen LogP contribution is -2.53. The van der Waals surface area contributed by atoms with Crippen LogP contribution in [0.2, 0.25) is 0 Å². The zero-order valence-corrected chi connectivity index (χ0v) is 42.8. The molecule has 4 heterocycles. The van der Waals surface area contributed by atoms with Crippen LogP contribution < -0.4 is 10.6 Å². The summed E-state index contributed by atoms with van der Waals surface area (Å²) in [6, 6.07) is 11.3. The van der Waals surface area contributed by atoms with Gasteiger partial charge < -0.3 is 39.9 Å². The maximum atomic E-state index is 14.3. The van der Waals surface area contributed by atoms with Gasteiger partial charge >= 0.3 is 12.2 Å². The van der Waals surface area contributed by atoms with E-state index in [-0.39, 0.29) is 47.8 Å². The van der Waals surface area contributed by atoms with Crippen LogP contribution in [0.15, 0.2) is 48.8 Å². The van der Waals surface area contributed by atoms with Crippen molar-refractivity contribution in [2.45, 2.75) is 161 Å². The van der Waals surface area contributed by atoms with Crippen molar-refractivity contribution in [1.82, 2.24) is 40.4 Å². The number of imidazole rings is 2. The van der Waals surface area contributed by atoms with E-state index in [2.05, 4.69) is 94.5 Å². The van der Waals surface area contributed by atoms with Crippen LogP contribution in [-0.2, 0) is 38.3 Å². The summed E-state index contributed by atoms with van der Waals surface area (Å²) in [4.78, 5) is 73.7. The van der Waals surface area contributed by atoms with Gasteiger partial charge in [0.2, 0.25) is 11.8 Å². The lowest BCUT2D eigenvalue weighted by atomic mass is 9.84.